The van der Waals surface area contributed by atoms with Gasteiger partial charge in [-0.3, -0.25) is 0 Å². The van der Waals surface area contributed by atoms with E-state index < -0.39 is 15.8 Å². The molecule has 1 aliphatic rings. The van der Waals surface area contributed by atoms with E-state index in [4.69, 9.17) is 0 Å². The van der Waals surface area contributed by atoms with Crippen LogP contribution in [0.3, 0.4) is 0 Å². The Balaban J connectivity index is 2.14. The van der Waals surface area contributed by atoms with Crippen LogP contribution in [0.15, 0.2) is 27.6 Å². The molecular weight excluding hydrogens is 345 g/mol. The lowest BCUT2D eigenvalue weighted by Crippen LogP contribution is -2.34. The molecular formula is C14H19BrFNO2S. The van der Waals surface area contributed by atoms with Gasteiger partial charge in [0.25, 0.3) is 0 Å². The molecule has 0 amide bonds. The highest BCUT2D eigenvalue weighted by Gasteiger charge is 2.25. The minimum absolute atomic E-state index is 0.0898. The first-order chi connectivity index (χ1) is 9.38. The largest absolute Gasteiger partial charge is 0.243 e. The molecule has 0 spiro atoms. The van der Waals surface area contributed by atoms with Crippen molar-refractivity contribution in [2.45, 2.75) is 50.0 Å². The van der Waals surface area contributed by atoms with Gasteiger partial charge in [-0.05, 0) is 43.4 Å². The number of rotatable bonds is 3. The maximum absolute atomic E-state index is 13.8. The smallest absolute Gasteiger partial charge is 0.208 e. The highest BCUT2D eigenvalue weighted by molar-refractivity contribution is 9.10. The van der Waals surface area contributed by atoms with Gasteiger partial charge in [-0.1, -0.05) is 35.7 Å². The van der Waals surface area contributed by atoms with E-state index in [9.17, 15) is 12.8 Å². The fraction of sp³-hybridized carbons (Fsp3) is 0.571. The first-order valence-electron chi connectivity index (χ1n) is 6.86. The summed E-state index contributed by atoms with van der Waals surface area (Å²) in [5, 5.41) is 0. The molecule has 2 rings (SSSR count). The summed E-state index contributed by atoms with van der Waals surface area (Å²) in [7, 11) is -3.79. The second-order valence-corrected chi connectivity index (χ2v) is 8.10. The fourth-order valence-corrected chi connectivity index (χ4v) is 4.28. The van der Waals surface area contributed by atoms with E-state index in [1.165, 1.54) is 18.2 Å². The van der Waals surface area contributed by atoms with Crippen LogP contribution in [0.1, 0.15) is 39.0 Å². The zero-order chi connectivity index (χ0) is 14.8. The maximum Gasteiger partial charge on any atom is 0.243 e. The van der Waals surface area contributed by atoms with Crippen molar-refractivity contribution in [3.63, 3.8) is 0 Å². The SMILES string of the molecule is CC1CCCC(NS(=O)(=O)c2ccc(Br)cc2F)CC1. The summed E-state index contributed by atoms with van der Waals surface area (Å²) in [5.41, 5.74) is 0. The Bertz CT molecular complexity index is 577. The molecule has 0 aromatic heterocycles. The van der Waals surface area contributed by atoms with Crippen molar-refractivity contribution in [1.29, 1.82) is 0 Å². The van der Waals surface area contributed by atoms with Crippen molar-refractivity contribution in [3.05, 3.63) is 28.5 Å². The third-order valence-corrected chi connectivity index (χ3v) is 5.81. The first-order valence-corrected chi connectivity index (χ1v) is 9.13. The van der Waals surface area contributed by atoms with Crippen molar-refractivity contribution in [2.24, 2.45) is 5.92 Å². The summed E-state index contributed by atoms with van der Waals surface area (Å²) in [6.45, 7) is 2.19. The van der Waals surface area contributed by atoms with Gasteiger partial charge in [-0.15, -0.1) is 0 Å². The summed E-state index contributed by atoms with van der Waals surface area (Å²) < 4.78 is 41.5. The van der Waals surface area contributed by atoms with Crippen molar-refractivity contribution < 1.29 is 12.8 Å². The maximum atomic E-state index is 13.8. The second-order valence-electron chi connectivity index (χ2n) is 5.51. The molecule has 20 heavy (non-hydrogen) atoms. The van der Waals surface area contributed by atoms with Crippen LogP contribution in [0.25, 0.3) is 0 Å². The fourth-order valence-electron chi connectivity index (χ4n) is 2.58. The quantitative estimate of drug-likeness (QED) is 0.829. The average molecular weight is 364 g/mol. The molecule has 3 nitrogen and oxygen atoms in total. The number of benzene rings is 1. The van der Waals surface area contributed by atoms with Gasteiger partial charge in [0.1, 0.15) is 10.7 Å². The Morgan fingerprint density at radius 1 is 1.25 bits per heavy atom. The summed E-state index contributed by atoms with van der Waals surface area (Å²) >= 11 is 3.12. The number of halogens is 2. The lowest BCUT2D eigenvalue weighted by Gasteiger charge is -2.17. The van der Waals surface area contributed by atoms with Crippen LogP contribution < -0.4 is 4.72 Å². The molecule has 1 aromatic carbocycles. The molecule has 1 fully saturated rings. The number of hydrogen-bond acceptors (Lipinski definition) is 2. The van der Waals surface area contributed by atoms with Gasteiger partial charge in [0.2, 0.25) is 10.0 Å². The van der Waals surface area contributed by atoms with E-state index in [1.807, 2.05) is 0 Å². The van der Waals surface area contributed by atoms with Crippen LogP contribution in [-0.2, 0) is 10.0 Å². The number of nitrogens with one attached hydrogen (secondary N) is 1. The van der Waals surface area contributed by atoms with E-state index in [1.54, 1.807) is 0 Å². The van der Waals surface area contributed by atoms with Crippen LogP contribution >= 0.6 is 15.9 Å². The van der Waals surface area contributed by atoms with Crippen molar-refractivity contribution >= 4 is 26.0 Å². The van der Waals surface area contributed by atoms with Crippen LogP contribution in [-0.4, -0.2) is 14.5 Å². The third kappa shape index (κ3) is 4.02. The van der Waals surface area contributed by atoms with E-state index in [0.717, 1.165) is 32.1 Å². The Morgan fingerprint density at radius 3 is 2.70 bits per heavy atom. The lowest BCUT2D eigenvalue weighted by atomic mass is 10.0. The van der Waals surface area contributed by atoms with Crippen molar-refractivity contribution in [3.8, 4) is 0 Å². The molecule has 1 aliphatic carbocycles. The third-order valence-electron chi connectivity index (χ3n) is 3.76. The Hall–Kier alpha value is -0.460. The average Bonchev–Trinajstić information content (AvgIpc) is 2.53. The molecule has 0 saturated heterocycles. The topological polar surface area (TPSA) is 46.2 Å². The molecule has 2 atom stereocenters. The van der Waals surface area contributed by atoms with E-state index in [0.29, 0.717) is 10.4 Å². The summed E-state index contributed by atoms with van der Waals surface area (Å²) in [4.78, 5) is -0.280. The molecule has 1 N–H and O–H groups in total. The molecule has 1 aromatic rings. The minimum Gasteiger partial charge on any atom is -0.208 e. The predicted molar refractivity (Wildman–Crippen MR) is 80.5 cm³/mol. The first kappa shape index (κ1) is 15.9. The Labute approximate surface area is 128 Å². The zero-order valence-electron chi connectivity index (χ0n) is 11.4. The zero-order valence-corrected chi connectivity index (χ0v) is 13.8. The van der Waals surface area contributed by atoms with Gasteiger partial charge in [0.05, 0.1) is 0 Å². The minimum atomic E-state index is -3.79. The van der Waals surface area contributed by atoms with Gasteiger partial charge >= 0.3 is 0 Å². The van der Waals surface area contributed by atoms with Gasteiger partial charge in [-0.25, -0.2) is 17.5 Å². The van der Waals surface area contributed by atoms with Crippen molar-refractivity contribution in [1.82, 2.24) is 4.72 Å². The molecule has 0 heterocycles. The van der Waals surface area contributed by atoms with Crippen LogP contribution in [0.4, 0.5) is 4.39 Å². The van der Waals surface area contributed by atoms with E-state index in [-0.39, 0.29) is 10.9 Å². The van der Waals surface area contributed by atoms with E-state index in [2.05, 4.69) is 27.6 Å². The van der Waals surface area contributed by atoms with Gasteiger partial charge in [-0.2, -0.15) is 0 Å². The summed E-state index contributed by atoms with van der Waals surface area (Å²) in [5.74, 6) is -0.0946. The Morgan fingerprint density at radius 2 is 2.00 bits per heavy atom. The normalized spacial score (nSPS) is 24.4. The molecule has 0 bridgehead atoms. The highest BCUT2D eigenvalue weighted by atomic mass is 79.9. The van der Waals surface area contributed by atoms with Gasteiger partial charge in [0, 0.05) is 10.5 Å². The van der Waals surface area contributed by atoms with Gasteiger partial charge in [0.15, 0.2) is 0 Å². The molecule has 112 valence electrons. The van der Waals surface area contributed by atoms with E-state index >= 15 is 0 Å². The summed E-state index contributed by atoms with van der Waals surface area (Å²) in [6, 6.07) is 3.91. The standard InChI is InChI=1S/C14H19BrFNO2S/c1-10-3-2-4-12(7-5-10)17-20(18,19)14-8-6-11(15)9-13(14)16/h6,8-10,12,17H,2-5,7H2,1H3. The lowest BCUT2D eigenvalue weighted by molar-refractivity contribution is 0.482. The molecule has 6 heteroatoms. The predicted octanol–water partition coefficient (Wildman–Crippen LogP) is 3.84. The highest BCUT2D eigenvalue weighted by Crippen LogP contribution is 2.25. The second kappa shape index (κ2) is 6.54. The summed E-state index contributed by atoms with van der Waals surface area (Å²) in [6.07, 6.45) is 4.79. The monoisotopic (exact) mass is 363 g/mol. The van der Waals surface area contributed by atoms with Crippen molar-refractivity contribution in [2.75, 3.05) is 0 Å². The molecule has 2 unspecified atom stereocenters. The molecule has 1 saturated carbocycles. The number of hydrogen-bond donors (Lipinski definition) is 1. The van der Waals surface area contributed by atoms with Crippen LogP contribution in [0, 0.1) is 11.7 Å². The van der Waals surface area contributed by atoms with Crippen LogP contribution in [0.5, 0.6) is 0 Å². The molecule has 0 radical (unpaired) electrons. The number of sulfonamides is 1. The molecule has 0 aliphatic heterocycles. The van der Waals surface area contributed by atoms with Gasteiger partial charge < -0.3 is 0 Å². The van der Waals surface area contributed by atoms with Crippen LogP contribution in [0.2, 0.25) is 0 Å². The Kier molecular flexibility index (Phi) is 5.20.